The smallest absolute Gasteiger partial charge is 0.108 e. The highest BCUT2D eigenvalue weighted by atomic mass is 15.1. The molecular formula is C51H35N. The maximum atomic E-state index is 3.87. The fourth-order valence-corrected chi connectivity index (χ4v) is 7.62. The van der Waals surface area contributed by atoms with Crippen molar-refractivity contribution in [3.63, 3.8) is 0 Å². The molecule has 1 nitrogen and oxygen atoms in total. The zero-order chi connectivity index (χ0) is 34.7. The Morgan fingerprint density at radius 2 is 0.808 bits per heavy atom. The zero-order valence-electron chi connectivity index (χ0n) is 28.7. The van der Waals surface area contributed by atoms with Crippen molar-refractivity contribution in [2.24, 2.45) is 0 Å². The second-order valence-corrected chi connectivity index (χ2v) is 13.2. The van der Waals surface area contributed by atoms with E-state index in [4.69, 9.17) is 0 Å². The molecule has 1 atom stereocenters. The van der Waals surface area contributed by atoms with Gasteiger partial charge in [-0.25, -0.2) is 0 Å². The van der Waals surface area contributed by atoms with Gasteiger partial charge in [0.05, 0.1) is 0 Å². The van der Waals surface area contributed by atoms with E-state index in [1.807, 2.05) is 6.07 Å². The van der Waals surface area contributed by atoms with Crippen molar-refractivity contribution >= 4 is 17.1 Å². The molecule has 0 bridgehead atoms. The van der Waals surface area contributed by atoms with Gasteiger partial charge in [0, 0.05) is 22.6 Å². The van der Waals surface area contributed by atoms with Crippen LogP contribution in [0.5, 0.6) is 0 Å². The summed E-state index contributed by atoms with van der Waals surface area (Å²) < 4.78 is 0. The molecule has 52 heavy (non-hydrogen) atoms. The molecule has 1 heteroatoms. The Labute approximate surface area is 306 Å². The zero-order valence-corrected chi connectivity index (χ0v) is 28.7. The number of para-hydroxylation sites is 1. The molecule has 0 aliphatic heterocycles. The minimum atomic E-state index is -0.662. The highest BCUT2D eigenvalue weighted by molar-refractivity contribution is 5.90. The van der Waals surface area contributed by atoms with Gasteiger partial charge in [-0.3, -0.25) is 0 Å². The van der Waals surface area contributed by atoms with Gasteiger partial charge < -0.3 is 4.90 Å². The molecule has 0 aromatic heterocycles. The van der Waals surface area contributed by atoms with E-state index in [9.17, 15) is 0 Å². The molecule has 0 saturated carbocycles. The van der Waals surface area contributed by atoms with Gasteiger partial charge in [-0.15, -0.1) is 0 Å². The number of fused-ring (bicyclic) bond motifs is 3. The summed E-state index contributed by atoms with van der Waals surface area (Å²) in [5.41, 5.74) is 14.4. The van der Waals surface area contributed by atoms with Crippen molar-refractivity contribution in [3.8, 4) is 45.2 Å². The molecule has 0 spiro atoms. The fraction of sp³-hybridized carbons (Fsp3) is 0.0196. The molecular weight excluding hydrogens is 627 g/mol. The molecule has 1 aliphatic carbocycles. The number of hydrogen-bond acceptors (Lipinski definition) is 1. The molecule has 0 radical (unpaired) electrons. The highest BCUT2D eigenvalue weighted by Gasteiger charge is 2.44. The van der Waals surface area contributed by atoms with E-state index in [-0.39, 0.29) is 0 Å². The van der Waals surface area contributed by atoms with Gasteiger partial charge >= 0.3 is 0 Å². The van der Waals surface area contributed by atoms with E-state index in [1.165, 1.54) is 44.5 Å². The summed E-state index contributed by atoms with van der Waals surface area (Å²) in [6, 6.07) is 75.7. The highest BCUT2D eigenvalue weighted by Crippen LogP contribution is 2.54. The summed E-state index contributed by atoms with van der Waals surface area (Å²) in [5, 5.41) is 0. The molecule has 0 N–H and O–H groups in total. The lowest BCUT2D eigenvalue weighted by Gasteiger charge is -2.29. The lowest BCUT2D eigenvalue weighted by atomic mass is 9.72. The summed E-state index contributed by atoms with van der Waals surface area (Å²) >= 11 is 0. The molecule has 0 amide bonds. The van der Waals surface area contributed by atoms with Gasteiger partial charge in [0.15, 0.2) is 0 Å². The van der Waals surface area contributed by atoms with Crippen LogP contribution in [0.2, 0.25) is 0 Å². The number of nitrogens with zero attached hydrogens (tertiary/aromatic N) is 1. The molecule has 1 aliphatic rings. The first-order valence-corrected chi connectivity index (χ1v) is 17.8. The molecule has 9 rings (SSSR count). The van der Waals surface area contributed by atoms with Crippen molar-refractivity contribution < 1.29 is 0 Å². The second-order valence-electron chi connectivity index (χ2n) is 13.2. The van der Waals surface area contributed by atoms with E-state index < -0.39 is 5.41 Å². The predicted molar refractivity (Wildman–Crippen MR) is 217 cm³/mol. The van der Waals surface area contributed by atoms with Crippen molar-refractivity contribution in [1.29, 1.82) is 0 Å². The molecule has 8 aromatic carbocycles. The van der Waals surface area contributed by atoms with Gasteiger partial charge in [-0.2, -0.15) is 0 Å². The fourth-order valence-electron chi connectivity index (χ4n) is 7.62. The van der Waals surface area contributed by atoms with E-state index in [0.717, 1.165) is 28.2 Å². The lowest BCUT2D eigenvalue weighted by molar-refractivity contribution is 0.837. The van der Waals surface area contributed by atoms with Crippen LogP contribution < -0.4 is 4.90 Å². The van der Waals surface area contributed by atoms with E-state index in [1.54, 1.807) is 0 Å². The van der Waals surface area contributed by atoms with Gasteiger partial charge in [-0.1, -0.05) is 176 Å². The van der Waals surface area contributed by atoms with Gasteiger partial charge in [0.1, 0.15) is 5.41 Å². The molecule has 0 fully saturated rings. The minimum absolute atomic E-state index is 0.662. The van der Waals surface area contributed by atoms with Crippen LogP contribution >= 0.6 is 0 Å². The first-order chi connectivity index (χ1) is 25.8. The summed E-state index contributed by atoms with van der Waals surface area (Å²) in [6.45, 7) is 0. The van der Waals surface area contributed by atoms with Gasteiger partial charge in [-0.05, 0) is 98.6 Å². The Bertz CT molecular complexity index is 2530. The summed E-state index contributed by atoms with van der Waals surface area (Å²) in [4.78, 5) is 2.35. The van der Waals surface area contributed by atoms with Crippen LogP contribution in [-0.2, 0) is 5.41 Å². The Hall–Kier alpha value is -6.88. The Kier molecular flexibility index (Phi) is 8.05. The van der Waals surface area contributed by atoms with E-state index >= 15 is 0 Å². The van der Waals surface area contributed by atoms with Crippen molar-refractivity contribution in [2.45, 2.75) is 5.41 Å². The van der Waals surface area contributed by atoms with Crippen LogP contribution in [0.25, 0.3) is 33.4 Å². The Morgan fingerprint density at radius 1 is 0.346 bits per heavy atom. The molecule has 1 unspecified atom stereocenters. The lowest BCUT2D eigenvalue weighted by Crippen LogP contribution is -2.25. The van der Waals surface area contributed by atoms with Crippen molar-refractivity contribution in [1.82, 2.24) is 0 Å². The molecule has 0 heterocycles. The van der Waals surface area contributed by atoms with Gasteiger partial charge in [0.25, 0.3) is 0 Å². The Balaban J connectivity index is 1.22. The second kappa shape index (κ2) is 13.4. The van der Waals surface area contributed by atoms with Crippen LogP contribution in [-0.4, -0.2) is 0 Å². The molecule has 244 valence electrons. The van der Waals surface area contributed by atoms with Crippen LogP contribution in [0.3, 0.4) is 0 Å². The number of hydrogen-bond donors (Lipinski definition) is 0. The van der Waals surface area contributed by atoms with Crippen LogP contribution in [0.1, 0.15) is 22.3 Å². The van der Waals surface area contributed by atoms with Gasteiger partial charge in [0.2, 0.25) is 0 Å². The summed E-state index contributed by atoms with van der Waals surface area (Å²) in [5.74, 6) is 7.47. The average Bonchev–Trinajstić information content (AvgIpc) is 3.51. The predicted octanol–water partition coefficient (Wildman–Crippen LogP) is 12.9. The number of rotatable bonds is 6. The van der Waals surface area contributed by atoms with Crippen LogP contribution in [0.4, 0.5) is 17.1 Å². The van der Waals surface area contributed by atoms with Crippen LogP contribution in [0.15, 0.2) is 212 Å². The third-order valence-corrected chi connectivity index (χ3v) is 10.1. The standard InChI is InChI=1S/C51H35N/c1-5-15-38(16-6-1)35-36-51(43-29-25-41(26-30-43)39-17-7-2-8-18-39)49-24-14-13-23-47(49)48-37-46(33-34-50(48)51)52(44-21-11-4-12-22-44)45-31-27-42(28-32-45)40-19-9-3-10-20-40/h1-34,37H. The maximum absolute atomic E-state index is 3.87. The van der Waals surface area contributed by atoms with E-state index in [0.29, 0.717) is 0 Å². The third-order valence-electron chi connectivity index (χ3n) is 10.1. The third kappa shape index (κ3) is 5.58. The van der Waals surface area contributed by atoms with Crippen LogP contribution in [0, 0.1) is 11.8 Å². The normalized spacial score (nSPS) is 14.1. The van der Waals surface area contributed by atoms with Crippen molar-refractivity contribution in [3.05, 3.63) is 235 Å². The topological polar surface area (TPSA) is 3.24 Å². The SMILES string of the molecule is C(#CC1(c2ccc(-c3ccccc3)cc2)c2ccccc2-c2cc(N(c3ccccc3)c3ccc(-c4ccccc4)cc3)ccc21)c1ccccc1. The Morgan fingerprint density at radius 3 is 1.44 bits per heavy atom. The maximum Gasteiger partial charge on any atom is 0.108 e. The molecule has 8 aromatic rings. The average molecular weight is 662 g/mol. The number of benzene rings is 8. The quantitative estimate of drug-likeness (QED) is 0.160. The van der Waals surface area contributed by atoms with Crippen molar-refractivity contribution in [2.75, 3.05) is 4.90 Å². The minimum Gasteiger partial charge on any atom is -0.310 e. The summed E-state index contributed by atoms with van der Waals surface area (Å²) in [6.07, 6.45) is 0. The van der Waals surface area contributed by atoms with E-state index in [2.05, 4.69) is 223 Å². The first kappa shape index (κ1) is 31.1. The monoisotopic (exact) mass is 661 g/mol. The first-order valence-electron chi connectivity index (χ1n) is 17.8. The largest absolute Gasteiger partial charge is 0.310 e. The molecule has 0 saturated heterocycles. The number of anilines is 3. The summed E-state index contributed by atoms with van der Waals surface area (Å²) in [7, 11) is 0.